The molecule has 0 unspecified atom stereocenters. The van der Waals surface area contributed by atoms with Gasteiger partial charge >= 0.3 is 0 Å². The number of halogens is 1. The maximum atomic E-state index is 5.68. The molecule has 20 heavy (non-hydrogen) atoms. The highest BCUT2D eigenvalue weighted by Crippen LogP contribution is 2.20. The first-order valence-corrected chi connectivity index (χ1v) is 7.57. The molecule has 0 aliphatic carbocycles. The van der Waals surface area contributed by atoms with Gasteiger partial charge in [-0.05, 0) is 58.0 Å². The van der Waals surface area contributed by atoms with Crippen molar-refractivity contribution in [3.63, 3.8) is 0 Å². The molecule has 0 bridgehead atoms. The summed E-state index contributed by atoms with van der Waals surface area (Å²) in [5.74, 6) is 1.27. The van der Waals surface area contributed by atoms with Crippen molar-refractivity contribution in [2.75, 3.05) is 6.54 Å². The smallest absolute Gasteiger partial charge is 0.247 e. The van der Waals surface area contributed by atoms with Gasteiger partial charge in [-0.1, -0.05) is 15.9 Å². The first kappa shape index (κ1) is 15.2. The fraction of sp³-hybridized carbons (Fsp3) is 0.467. The van der Waals surface area contributed by atoms with Crippen LogP contribution in [0.4, 0.5) is 0 Å². The van der Waals surface area contributed by atoms with E-state index < -0.39 is 0 Å². The van der Waals surface area contributed by atoms with Crippen molar-refractivity contribution in [1.82, 2.24) is 15.5 Å². The SMILES string of the molecule is CC(C)(C)NCCCc1nnc(-c2ccc(Br)cc2)o1. The van der Waals surface area contributed by atoms with Crippen molar-refractivity contribution in [3.05, 3.63) is 34.6 Å². The van der Waals surface area contributed by atoms with E-state index in [2.05, 4.69) is 52.2 Å². The Kier molecular flexibility index (Phi) is 4.94. The van der Waals surface area contributed by atoms with Crippen molar-refractivity contribution in [3.8, 4) is 11.5 Å². The molecule has 0 spiro atoms. The van der Waals surface area contributed by atoms with Gasteiger partial charge < -0.3 is 9.73 Å². The highest BCUT2D eigenvalue weighted by atomic mass is 79.9. The van der Waals surface area contributed by atoms with Gasteiger partial charge in [0.05, 0.1) is 0 Å². The van der Waals surface area contributed by atoms with Crippen LogP contribution in [0.1, 0.15) is 33.1 Å². The van der Waals surface area contributed by atoms with Crippen molar-refractivity contribution in [1.29, 1.82) is 0 Å². The molecule has 0 radical (unpaired) electrons. The van der Waals surface area contributed by atoms with E-state index >= 15 is 0 Å². The summed E-state index contributed by atoms with van der Waals surface area (Å²) in [7, 11) is 0. The van der Waals surface area contributed by atoms with Gasteiger partial charge in [-0.3, -0.25) is 0 Å². The molecule has 0 aliphatic heterocycles. The molecule has 1 heterocycles. The third kappa shape index (κ3) is 4.72. The molecule has 1 aromatic carbocycles. The largest absolute Gasteiger partial charge is 0.421 e. The predicted molar refractivity (Wildman–Crippen MR) is 83.5 cm³/mol. The molecule has 0 atom stereocenters. The van der Waals surface area contributed by atoms with Gasteiger partial charge in [-0.2, -0.15) is 0 Å². The highest BCUT2D eigenvalue weighted by Gasteiger charge is 2.10. The van der Waals surface area contributed by atoms with Crippen LogP contribution in [0, 0.1) is 0 Å². The lowest BCUT2D eigenvalue weighted by Gasteiger charge is -2.19. The highest BCUT2D eigenvalue weighted by molar-refractivity contribution is 9.10. The molecule has 0 saturated heterocycles. The number of rotatable bonds is 5. The number of benzene rings is 1. The quantitative estimate of drug-likeness (QED) is 0.842. The monoisotopic (exact) mass is 337 g/mol. The van der Waals surface area contributed by atoms with Crippen LogP contribution in [-0.2, 0) is 6.42 Å². The number of aromatic nitrogens is 2. The van der Waals surface area contributed by atoms with E-state index in [1.807, 2.05) is 24.3 Å². The molecule has 2 aromatic rings. The topological polar surface area (TPSA) is 51.0 Å². The number of hydrogen-bond acceptors (Lipinski definition) is 4. The lowest BCUT2D eigenvalue weighted by Crippen LogP contribution is -2.36. The van der Waals surface area contributed by atoms with Gasteiger partial charge in [0.1, 0.15) is 0 Å². The van der Waals surface area contributed by atoms with Crippen LogP contribution in [0.3, 0.4) is 0 Å². The average Bonchev–Trinajstić information content (AvgIpc) is 2.83. The molecule has 1 N–H and O–H groups in total. The molecule has 1 aromatic heterocycles. The molecule has 4 nitrogen and oxygen atoms in total. The second kappa shape index (κ2) is 6.50. The maximum Gasteiger partial charge on any atom is 0.247 e. The van der Waals surface area contributed by atoms with E-state index in [1.54, 1.807) is 0 Å². The lowest BCUT2D eigenvalue weighted by atomic mass is 10.1. The molecule has 0 aliphatic rings. The van der Waals surface area contributed by atoms with Crippen molar-refractivity contribution in [2.24, 2.45) is 0 Å². The Morgan fingerprint density at radius 2 is 1.85 bits per heavy atom. The third-order valence-corrected chi connectivity index (χ3v) is 3.31. The molecule has 0 fully saturated rings. The van der Waals surface area contributed by atoms with Crippen molar-refractivity contribution in [2.45, 2.75) is 39.2 Å². The Balaban J connectivity index is 1.88. The molecular formula is C15H20BrN3O. The number of nitrogens with one attached hydrogen (secondary N) is 1. The summed E-state index contributed by atoms with van der Waals surface area (Å²) in [5, 5.41) is 11.6. The van der Waals surface area contributed by atoms with Crippen LogP contribution >= 0.6 is 15.9 Å². The zero-order valence-electron chi connectivity index (χ0n) is 12.1. The normalized spacial score (nSPS) is 11.8. The zero-order valence-corrected chi connectivity index (χ0v) is 13.7. The van der Waals surface area contributed by atoms with Crippen LogP contribution in [-0.4, -0.2) is 22.3 Å². The predicted octanol–water partition coefficient (Wildman–Crippen LogP) is 3.82. The van der Waals surface area contributed by atoms with E-state index in [1.165, 1.54) is 0 Å². The van der Waals surface area contributed by atoms with Gasteiger partial charge in [-0.15, -0.1) is 10.2 Å². The van der Waals surface area contributed by atoms with Crippen LogP contribution in [0.2, 0.25) is 0 Å². The summed E-state index contributed by atoms with van der Waals surface area (Å²) < 4.78 is 6.71. The van der Waals surface area contributed by atoms with Crippen LogP contribution in [0.25, 0.3) is 11.5 Å². The minimum Gasteiger partial charge on any atom is -0.421 e. The molecule has 108 valence electrons. The summed E-state index contributed by atoms with van der Waals surface area (Å²) in [6.45, 7) is 7.42. The van der Waals surface area contributed by atoms with E-state index in [4.69, 9.17) is 4.42 Å². The minimum absolute atomic E-state index is 0.150. The van der Waals surface area contributed by atoms with Crippen molar-refractivity contribution >= 4 is 15.9 Å². The number of aryl methyl sites for hydroxylation is 1. The number of nitrogens with zero attached hydrogens (tertiary/aromatic N) is 2. The van der Waals surface area contributed by atoms with E-state index in [0.29, 0.717) is 11.8 Å². The Bertz CT molecular complexity index is 543. The van der Waals surface area contributed by atoms with Gasteiger partial charge in [-0.25, -0.2) is 0 Å². The van der Waals surface area contributed by atoms with Gasteiger partial charge in [0, 0.05) is 22.0 Å². The van der Waals surface area contributed by atoms with Gasteiger partial charge in [0.25, 0.3) is 0 Å². The standard InChI is InChI=1S/C15H20BrN3O/c1-15(2,3)17-10-4-5-13-18-19-14(20-13)11-6-8-12(16)9-7-11/h6-9,17H,4-5,10H2,1-3H3. The van der Waals surface area contributed by atoms with E-state index in [-0.39, 0.29) is 5.54 Å². The number of hydrogen-bond donors (Lipinski definition) is 1. The Morgan fingerprint density at radius 1 is 1.15 bits per heavy atom. The fourth-order valence-electron chi connectivity index (χ4n) is 1.77. The van der Waals surface area contributed by atoms with E-state index in [9.17, 15) is 0 Å². The second-order valence-electron chi connectivity index (χ2n) is 5.79. The first-order chi connectivity index (χ1) is 9.44. The Labute approximate surface area is 128 Å². The molecule has 5 heteroatoms. The zero-order chi connectivity index (χ0) is 14.6. The van der Waals surface area contributed by atoms with E-state index in [0.717, 1.165) is 29.4 Å². The molecule has 0 amide bonds. The summed E-state index contributed by atoms with van der Waals surface area (Å²) in [4.78, 5) is 0. The molecular weight excluding hydrogens is 318 g/mol. The average molecular weight is 338 g/mol. The van der Waals surface area contributed by atoms with Crippen LogP contribution in [0.5, 0.6) is 0 Å². The fourth-order valence-corrected chi connectivity index (χ4v) is 2.03. The second-order valence-corrected chi connectivity index (χ2v) is 6.70. The van der Waals surface area contributed by atoms with Crippen molar-refractivity contribution < 1.29 is 4.42 Å². The Morgan fingerprint density at radius 3 is 2.50 bits per heavy atom. The maximum absolute atomic E-state index is 5.68. The van der Waals surface area contributed by atoms with Crippen LogP contribution < -0.4 is 5.32 Å². The first-order valence-electron chi connectivity index (χ1n) is 6.77. The van der Waals surface area contributed by atoms with Gasteiger partial charge in [0.15, 0.2) is 0 Å². The summed E-state index contributed by atoms with van der Waals surface area (Å²) in [5.41, 5.74) is 1.09. The summed E-state index contributed by atoms with van der Waals surface area (Å²) >= 11 is 3.41. The van der Waals surface area contributed by atoms with Crippen LogP contribution in [0.15, 0.2) is 33.2 Å². The summed E-state index contributed by atoms with van der Waals surface area (Å²) in [6, 6.07) is 7.85. The lowest BCUT2D eigenvalue weighted by molar-refractivity contribution is 0.412. The molecule has 0 saturated carbocycles. The molecule has 2 rings (SSSR count). The Hall–Kier alpha value is -1.20. The minimum atomic E-state index is 0.150. The summed E-state index contributed by atoms with van der Waals surface area (Å²) in [6.07, 6.45) is 1.78. The van der Waals surface area contributed by atoms with Gasteiger partial charge in [0.2, 0.25) is 11.8 Å². The third-order valence-electron chi connectivity index (χ3n) is 2.78.